The minimum atomic E-state index is -0.263. The Bertz CT molecular complexity index is 990. The van der Waals surface area contributed by atoms with Crippen LogP contribution in [0.4, 0.5) is 5.69 Å². The smallest absolute Gasteiger partial charge is 0.302 e. The fraction of sp³-hybridized carbons (Fsp3) is 0.400. The normalized spacial score (nSPS) is 16.7. The summed E-state index contributed by atoms with van der Waals surface area (Å²) in [6.45, 7) is 3.18. The number of fused-ring (bicyclic) bond motifs is 2. The molecule has 0 bridgehead atoms. The first-order valence-electron chi connectivity index (χ1n) is 11.2. The van der Waals surface area contributed by atoms with Gasteiger partial charge in [-0.3, -0.25) is 14.9 Å². The van der Waals surface area contributed by atoms with E-state index in [9.17, 15) is 9.59 Å². The van der Waals surface area contributed by atoms with Gasteiger partial charge in [-0.05, 0) is 49.4 Å². The minimum Gasteiger partial charge on any atom is -0.494 e. The molecule has 0 spiro atoms. The lowest BCUT2D eigenvalue weighted by atomic mass is 10.0. The predicted molar refractivity (Wildman–Crippen MR) is 122 cm³/mol. The number of hydrogen-bond acceptors (Lipinski definition) is 6. The van der Waals surface area contributed by atoms with Crippen molar-refractivity contribution in [3.63, 3.8) is 0 Å². The van der Waals surface area contributed by atoms with Crippen molar-refractivity contribution in [1.82, 2.24) is 10.2 Å². The molecular weight excluding hydrogens is 406 g/mol. The molecule has 1 amide bonds. The second-order valence-corrected chi connectivity index (χ2v) is 8.15. The number of rotatable bonds is 10. The molecular formula is C25H29N3O4. The molecule has 2 aromatic carbocycles. The van der Waals surface area contributed by atoms with E-state index in [0.717, 1.165) is 48.2 Å². The Morgan fingerprint density at radius 2 is 1.88 bits per heavy atom. The van der Waals surface area contributed by atoms with Crippen LogP contribution >= 0.6 is 0 Å². The highest BCUT2D eigenvalue weighted by molar-refractivity contribution is 6.07. The molecule has 2 aromatic rings. The third-order valence-electron chi connectivity index (χ3n) is 5.69. The molecule has 1 atom stereocenters. The summed E-state index contributed by atoms with van der Waals surface area (Å²) in [4.78, 5) is 30.0. The Morgan fingerprint density at radius 3 is 2.66 bits per heavy atom. The standard InChI is InChI=1S/C25H29N3O4/c1-18(29)31-13-7-2-3-8-14-32-21-11-12-22-20(16-21)17-28-23(24(30)27-25(28)26-22)15-19-9-5-4-6-10-19/h4-6,9-12,16,23H,2-3,7-8,13-15,17H2,1H3,(H,26,27,30). The van der Waals surface area contributed by atoms with Crippen molar-refractivity contribution in [3.8, 4) is 5.75 Å². The molecule has 2 aliphatic heterocycles. The number of nitrogens with one attached hydrogen (secondary N) is 1. The Kier molecular flexibility index (Phi) is 7.04. The zero-order valence-corrected chi connectivity index (χ0v) is 18.4. The van der Waals surface area contributed by atoms with Gasteiger partial charge in [-0.15, -0.1) is 0 Å². The van der Waals surface area contributed by atoms with Gasteiger partial charge in [-0.25, -0.2) is 4.99 Å². The van der Waals surface area contributed by atoms with Crippen LogP contribution in [0, 0.1) is 0 Å². The highest BCUT2D eigenvalue weighted by Gasteiger charge is 2.39. The van der Waals surface area contributed by atoms with Gasteiger partial charge in [0.25, 0.3) is 0 Å². The number of esters is 1. The van der Waals surface area contributed by atoms with Crippen molar-refractivity contribution in [2.75, 3.05) is 13.2 Å². The van der Waals surface area contributed by atoms with Gasteiger partial charge in [-0.2, -0.15) is 0 Å². The van der Waals surface area contributed by atoms with Crippen molar-refractivity contribution in [3.05, 3.63) is 59.7 Å². The van der Waals surface area contributed by atoms with Gasteiger partial charge < -0.3 is 14.4 Å². The van der Waals surface area contributed by atoms with Crippen LogP contribution in [0.2, 0.25) is 0 Å². The van der Waals surface area contributed by atoms with E-state index in [1.807, 2.05) is 53.4 Å². The molecule has 0 aromatic heterocycles. The van der Waals surface area contributed by atoms with E-state index in [1.165, 1.54) is 6.92 Å². The Balaban J connectivity index is 1.30. The number of unbranched alkanes of at least 4 members (excludes halogenated alkanes) is 3. The molecule has 0 aliphatic carbocycles. The topological polar surface area (TPSA) is 80.2 Å². The first-order chi connectivity index (χ1) is 15.6. The number of ether oxygens (including phenoxy) is 2. The number of hydrogen-bond donors (Lipinski definition) is 1. The number of carbonyl (C=O) groups is 2. The maximum atomic E-state index is 12.6. The van der Waals surface area contributed by atoms with E-state index in [4.69, 9.17) is 9.47 Å². The quantitative estimate of drug-likeness (QED) is 0.454. The van der Waals surface area contributed by atoms with Crippen LogP contribution in [0.5, 0.6) is 5.75 Å². The maximum absolute atomic E-state index is 12.6. The zero-order chi connectivity index (χ0) is 22.3. The van der Waals surface area contributed by atoms with Crippen LogP contribution in [0.25, 0.3) is 0 Å². The molecule has 0 radical (unpaired) electrons. The van der Waals surface area contributed by atoms with E-state index in [2.05, 4.69) is 10.3 Å². The second-order valence-electron chi connectivity index (χ2n) is 8.15. The molecule has 168 valence electrons. The number of benzene rings is 2. The van der Waals surface area contributed by atoms with Crippen molar-refractivity contribution < 1.29 is 19.1 Å². The molecule has 0 saturated carbocycles. The lowest BCUT2D eigenvalue weighted by Gasteiger charge is -2.28. The zero-order valence-electron chi connectivity index (χ0n) is 18.4. The van der Waals surface area contributed by atoms with Crippen LogP contribution in [0.15, 0.2) is 53.5 Å². The number of amides is 1. The van der Waals surface area contributed by atoms with Gasteiger partial charge in [0.1, 0.15) is 11.8 Å². The van der Waals surface area contributed by atoms with Crippen LogP contribution < -0.4 is 10.1 Å². The van der Waals surface area contributed by atoms with Gasteiger partial charge >= 0.3 is 5.97 Å². The Morgan fingerprint density at radius 1 is 1.09 bits per heavy atom. The molecule has 7 heteroatoms. The summed E-state index contributed by atoms with van der Waals surface area (Å²) < 4.78 is 10.9. The van der Waals surface area contributed by atoms with Gasteiger partial charge in [0.15, 0.2) is 0 Å². The van der Waals surface area contributed by atoms with Crippen LogP contribution in [0.3, 0.4) is 0 Å². The third kappa shape index (κ3) is 5.46. The summed E-state index contributed by atoms with van der Waals surface area (Å²) >= 11 is 0. The van der Waals surface area contributed by atoms with Crippen molar-refractivity contribution in [2.24, 2.45) is 4.99 Å². The maximum Gasteiger partial charge on any atom is 0.302 e. The van der Waals surface area contributed by atoms with E-state index in [1.54, 1.807) is 0 Å². The predicted octanol–water partition coefficient (Wildman–Crippen LogP) is 3.73. The summed E-state index contributed by atoms with van der Waals surface area (Å²) in [5.41, 5.74) is 3.06. The lowest BCUT2D eigenvalue weighted by Crippen LogP contribution is -2.38. The number of aliphatic imine (C=N–C) groups is 1. The first-order valence-corrected chi connectivity index (χ1v) is 11.2. The fourth-order valence-electron chi connectivity index (χ4n) is 4.02. The van der Waals surface area contributed by atoms with Crippen molar-refractivity contribution in [1.29, 1.82) is 0 Å². The van der Waals surface area contributed by atoms with E-state index < -0.39 is 0 Å². The molecule has 1 N–H and O–H groups in total. The summed E-state index contributed by atoms with van der Waals surface area (Å²) in [6, 6.07) is 15.7. The third-order valence-corrected chi connectivity index (χ3v) is 5.69. The van der Waals surface area contributed by atoms with E-state index in [0.29, 0.717) is 32.1 Å². The number of guanidine groups is 1. The molecule has 1 unspecified atom stereocenters. The molecule has 1 fully saturated rings. The summed E-state index contributed by atoms with van der Waals surface area (Å²) in [7, 11) is 0. The summed E-state index contributed by atoms with van der Waals surface area (Å²) in [5, 5.41) is 2.93. The fourth-order valence-corrected chi connectivity index (χ4v) is 4.02. The van der Waals surface area contributed by atoms with Crippen molar-refractivity contribution in [2.45, 2.75) is 51.6 Å². The summed E-state index contributed by atoms with van der Waals surface area (Å²) in [6.07, 6.45) is 4.52. The molecule has 4 rings (SSSR count). The second kappa shape index (κ2) is 10.3. The van der Waals surface area contributed by atoms with E-state index in [-0.39, 0.29) is 17.9 Å². The molecule has 2 heterocycles. The average Bonchev–Trinajstić information content (AvgIpc) is 3.08. The van der Waals surface area contributed by atoms with Crippen LogP contribution in [-0.2, 0) is 27.3 Å². The molecule has 1 saturated heterocycles. The molecule has 32 heavy (non-hydrogen) atoms. The SMILES string of the molecule is CC(=O)OCCCCCCOc1ccc2c(c1)CN1C(=N2)NC(=O)C1Cc1ccccc1. The molecule has 7 nitrogen and oxygen atoms in total. The first kappa shape index (κ1) is 21.9. The van der Waals surface area contributed by atoms with Crippen LogP contribution in [0.1, 0.15) is 43.7 Å². The van der Waals surface area contributed by atoms with Gasteiger partial charge in [-0.1, -0.05) is 30.3 Å². The Labute approximate surface area is 188 Å². The molecule has 2 aliphatic rings. The van der Waals surface area contributed by atoms with Gasteiger partial charge in [0.05, 0.1) is 18.9 Å². The lowest BCUT2D eigenvalue weighted by molar-refractivity contribution is -0.141. The number of carbonyl (C=O) groups excluding carboxylic acids is 2. The van der Waals surface area contributed by atoms with Gasteiger partial charge in [0, 0.05) is 25.5 Å². The average molecular weight is 436 g/mol. The van der Waals surface area contributed by atoms with E-state index >= 15 is 0 Å². The highest BCUT2D eigenvalue weighted by Crippen LogP contribution is 2.32. The van der Waals surface area contributed by atoms with Gasteiger partial charge in [0.2, 0.25) is 11.9 Å². The monoisotopic (exact) mass is 435 g/mol. The van der Waals surface area contributed by atoms with Crippen molar-refractivity contribution >= 4 is 23.5 Å². The minimum absolute atomic E-state index is 0.00872. The summed E-state index contributed by atoms with van der Waals surface area (Å²) in [5.74, 6) is 1.22. The largest absolute Gasteiger partial charge is 0.494 e. The highest BCUT2D eigenvalue weighted by atomic mass is 16.5. The Hall–Kier alpha value is -3.35. The number of nitrogens with zero attached hydrogens (tertiary/aromatic N) is 2. The van der Waals surface area contributed by atoms with Crippen LogP contribution in [-0.4, -0.2) is 42.0 Å².